The maximum Gasteiger partial charge on any atom is 0.242 e. The summed E-state index contributed by atoms with van der Waals surface area (Å²) in [7, 11) is 0. The Morgan fingerprint density at radius 1 is 1.13 bits per heavy atom. The van der Waals surface area contributed by atoms with Crippen molar-refractivity contribution in [3.63, 3.8) is 0 Å². The molecule has 0 heterocycles. The Labute approximate surface area is 188 Å². The number of carbonyl (C=O) groups excluding carboxylic acids is 2. The van der Waals surface area contributed by atoms with E-state index in [1.807, 2.05) is 23.1 Å². The van der Waals surface area contributed by atoms with E-state index in [0.29, 0.717) is 37.1 Å². The second-order valence-corrected chi connectivity index (χ2v) is 9.50. The molecule has 1 aromatic rings. The van der Waals surface area contributed by atoms with E-state index in [4.69, 9.17) is 0 Å². The molecule has 2 rings (SSSR count). The fraction of sp³-hybridized carbons (Fsp3) is 0.680. The van der Waals surface area contributed by atoms with E-state index in [0.717, 1.165) is 19.3 Å². The van der Waals surface area contributed by atoms with Crippen molar-refractivity contribution in [2.45, 2.75) is 77.7 Å². The summed E-state index contributed by atoms with van der Waals surface area (Å²) >= 11 is 4.26. The van der Waals surface area contributed by atoms with Crippen LogP contribution in [0.1, 0.15) is 70.8 Å². The second kappa shape index (κ2) is 13.7. The van der Waals surface area contributed by atoms with Crippen LogP contribution in [-0.4, -0.2) is 41.6 Å². The molecular weight excluding hydrogens is 392 g/mol. The Morgan fingerprint density at radius 2 is 1.83 bits per heavy atom. The second-order valence-electron chi connectivity index (χ2n) is 9.05. The van der Waals surface area contributed by atoms with E-state index in [2.05, 4.69) is 43.9 Å². The smallest absolute Gasteiger partial charge is 0.242 e. The van der Waals surface area contributed by atoms with Gasteiger partial charge in [0, 0.05) is 19.5 Å². The Kier molecular flexibility index (Phi) is 11.3. The van der Waals surface area contributed by atoms with Crippen molar-refractivity contribution in [2.75, 3.05) is 18.8 Å². The summed E-state index contributed by atoms with van der Waals surface area (Å²) in [6.45, 7) is 5.47. The molecule has 1 atom stereocenters. The highest BCUT2D eigenvalue weighted by molar-refractivity contribution is 7.80. The minimum atomic E-state index is -0.362. The van der Waals surface area contributed by atoms with Gasteiger partial charge in [-0.15, -0.1) is 0 Å². The highest BCUT2D eigenvalue weighted by Crippen LogP contribution is 2.29. The molecule has 1 saturated carbocycles. The molecule has 0 saturated heterocycles. The van der Waals surface area contributed by atoms with Crippen molar-refractivity contribution in [3.05, 3.63) is 35.9 Å². The van der Waals surface area contributed by atoms with Gasteiger partial charge >= 0.3 is 0 Å². The first-order valence-electron chi connectivity index (χ1n) is 11.7. The predicted molar refractivity (Wildman–Crippen MR) is 128 cm³/mol. The molecule has 168 valence electrons. The number of rotatable bonds is 12. The van der Waals surface area contributed by atoms with Crippen LogP contribution in [0.15, 0.2) is 30.3 Å². The van der Waals surface area contributed by atoms with Crippen molar-refractivity contribution in [1.82, 2.24) is 10.2 Å². The molecule has 0 radical (unpaired) electrons. The molecule has 1 aliphatic carbocycles. The standard InChI is InChI=1S/C25H40N2O2S/c1-20(2)19-27(24(28)14-9-17-30)23(18-22-12-7-4-8-13-22)25(29)26-16-15-21-10-5-3-6-11-21/h3,5-6,10-11,20,22-23,30H,4,7-9,12-19H2,1-2H3,(H,26,29)/t23-/m0/s1. The van der Waals surface area contributed by atoms with Crippen molar-refractivity contribution >= 4 is 24.4 Å². The van der Waals surface area contributed by atoms with E-state index in [9.17, 15) is 9.59 Å². The lowest BCUT2D eigenvalue weighted by molar-refractivity contribution is -0.142. The van der Waals surface area contributed by atoms with Gasteiger partial charge in [-0.2, -0.15) is 12.6 Å². The maximum absolute atomic E-state index is 13.3. The normalized spacial score (nSPS) is 15.7. The van der Waals surface area contributed by atoms with Crippen LogP contribution in [0.2, 0.25) is 0 Å². The zero-order valence-electron chi connectivity index (χ0n) is 18.8. The van der Waals surface area contributed by atoms with E-state index in [1.165, 1.54) is 37.7 Å². The highest BCUT2D eigenvalue weighted by Gasteiger charge is 2.32. The molecule has 0 bridgehead atoms. The Bertz CT molecular complexity index is 629. The zero-order chi connectivity index (χ0) is 21.8. The molecule has 5 heteroatoms. The molecule has 0 aromatic heterocycles. The summed E-state index contributed by atoms with van der Waals surface area (Å²) < 4.78 is 0. The molecule has 30 heavy (non-hydrogen) atoms. The van der Waals surface area contributed by atoms with Gasteiger partial charge in [-0.1, -0.05) is 76.3 Å². The van der Waals surface area contributed by atoms with E-state index >= 15 is 0 Å². The molecule has 1 aliphatic rings. The zero-order valence-corrected chi connectivity index (χ0v) is 19.7. The van der Waals surface area contributed by atoms with Crippen molar-refractivity contribution in [2.24, 2.45) is 11.8 Å². The van der Waals surface area contributed by atoms with Crippen molar-refractivity contribution in [1.29, 1.82) is 0 Å². The molecule has 4 nitrogen and oxygen atoms in total. The van der Waals surface area contributed by atoms with E-state index < -0.39 is 0 Å². The molecule has 1 aromatic carbocycles. The van der Waals surface area contributed by atoms with Gasteiger partial charge in [0.05, 0.1) is 0 Å². The van der Waals surface area contributed by atoms with Crippen LogP contribution in [0.5, 0.6) is 0 Å². The van der Waals surface area contributed by atoms with Crippen LogP contribution in [-0.2, 0) is 16.0 Å². The number of benzene rings is 1. The van der Waals surface area contributed by atoms with Crippen molar-refractivity contribution < 1.29 is 9.59 Å². The summed E-state index contributed by atoms with van der Waals surface area (Å²) in [5.74, 6) is 1.66. The lowest BCUT2D eigenvalue weighted by atomic mass is 9.84. The van der Waals surface area contributed by atoms with Crippen LogP contribution in [0.4, 0.5) is 0 Å². The van der Waals surface area contributed by atoms with Crippen LogP contribution in [0.25, 0.3) is 0 Å². The maximum atomic E-state index is 13.3. The predicted octanol–water partition coefficient (Wildman–Crippen LogP) is 4.88. The van der Waals surface area contributed by atoms with Crippen LogP contribution < -0.4 is 5.32 Å². The quantitative estimate of drug-likeness (QED) is 0.463. The first kappa shape index (κ1) is 24.8. The number of hydrogen-bond donors (Lipinski definition) is 2. The first-order chi connectivity index (χ1) is 14.5. The molecular formula is C25H40N2O2S. The average Bonchev–Trinajstić information content (AvgIpc) is 2.75. The summed E-state index contributed by atoms with van der Waals surface area (Å²) in [5.41, 5.74) is 1.21. The largest absolute Gasteiger partial charge is 0.354 e. The first-order valence-corrected chi connectivity index (χ1v) is 12.4. The Morgan fingerprint density at radius 3 is 2.47 bits per heavy atom. The molecule has 0 aliphatic heterocycles. The molecule has 1 N–H and O–H groups in total. The molecule has 1 fully saturated rings. The van der Waals surface area contributed by atoms with Crippen LogP contribution in [0, 0.1) is 11.8 Å². The van der Waals surface area contributed by atoms with Crippen molar-refractivity contribution in [3.8, 4) is 0 Å². The van der Waals surface area contributed by atoms with Gasteiger partial charge in [0.25, 0.3) is 0 Å². The number of hydrogen-bond acceptors (Lipinski definition) is 3. The fourth-order valence-electron chi connectivity index (χ4n) is 4.38. The highest BCUT2D eigenvalue weighted by atomic mass is 32.1. The number of nitrogens with zero attached hydrogens (tertiary/aromatic N) is 1. The van der Waals surface area contributed by atoms with Gasteiger partial charge in [-0.3, -0.25) is 9.59 Å². The summed E-state index contributed by atoms with van der Waals surface area (Å²) in [5, 5.41) is 3.14. The monoisotopic (exact) mass is 432 g/mol. The van der Waals surface area contributed by atoms with Crippen LogP contribution in [0.3, 0.4) is 0 Å². The summed E-state index contributed by atoms with van der Waals surface area (Å²) in [6.07, 6.45) is 8.94. The molecule has 0 unspecified atom stereocenters. The molecule has 2 amide bonds. The minimum Gasteiger partial charge on any atom is -0.354 e. The number of amides is 2. The average molecular weight is 433 g/mol. The van der Waals surface area contributed by atoms with Gasteiger partial charge in [-0.25, -0.2) is 0 Å². The SMILES string of the molecule is CC(C)CN(C(=O)CCCS)[C@@H](CC1CCCCC1)C(=O)NCCc1ccccc1. The van der Waals surface area contributed by atoms with Gasteiger partial charge < -0.3 is 10.2 Å². The van der Waals surface area contributed by atoms with Gasteiger partial charge in [-0.05, 0) is 42.4 Å². The number of nitrogens with one attached hydrogen (secondary N) is 1. The van der Waals surface area contributed by atoms with E-state index in [1.54, 1.807) is 0 Å². The third kappa shape index (κ3) is 8.71. The minimum absolute atomic E-state index is 0.0105. The van der Waals surface area contributed by atoms with Crippen LogP contribution >= 0.6 is 12.6 Å². The topological polar surface area (TPSA) is 49.4 Å². The summed E-state index contributed by atoms with van der Waals surface area (Å²) in [6, 6.07) is 9.85. The van der Waals surface area contributed by atoms with E-state index in [-0.39, 0.29) is 17.9 Å². The molecule has 0 spiro atoms. The van der Waals surface area contributed by atoms with Gasteiger partial charge in [0.1, 0.15) is 6.04 Å². The lowest BCUT2D eigenvalue weighted by Gasteiger charge is -2.35. The summed E-state index contributed by atoms with van der Waals surface area (Å²) in [4.78, 5) is 28.2. The number of thiol groups is 1. The third-order valence-electron chi connectivity index (χ3n) is 5.95. The third-order valence-corrected chi connectivity index (χ3v) is 6.26. The number of carbonyl (C=O) groups is 2. The Hall–Kier alpha value is -1.49. The lowest BCUT2D eigenvalue weighted by Crippen LogP contribution is -2.52. The Balaban J connectivity index is 2.08. The van der Waals surface area contributed by atoms with Gasteiger partial charge in [0.2, 0.25) is 11.8 Å². The van der Waals surface area contributed by atoms with Gasteiger partial charge in [0.15, 0.2) is 0 Å². The fourth-order valence-corrected chi connectivity index (χ4v) is 4.54.